The standard InChI is InChI=1S/C17H28N4/c1-4-5-15-20-16(18-3)10-17(21-15)19-11(2)14-9-12-6-7-13(14)8-12/h10-14H,4-9H2,1-3H3,(H2,18,19,20,21). The van der Waals surface area contributed by atoms with E-state index in [0.717, 1.165) is 48.1 Å². The Morgan fingerprint density at radius 3 is 2.67 bits per heavy atom. The van der Waals surface area contributed by atoms with E-state index < -0.39 is 0 Å². The molecule has 2 fully saturated rings. The molecule has 0 saturated heterocycles. The first-order valence-electron chi connectivity index (χ1n) is 8.51. The fourth-order valence-corrected chi connectivity index (χ4v) is 4.28. The van der Waals surface area contributed by atoms with Crippen molar-refractivity contribution < 1.29 is 0 Å². The van der Waals surface area contributed by atoms with Crippen molar-refractivity contribution in [3.63, 3.8) is 0 Å². The Morgan fingerprint density at radius 2 is 2.05 bits per heavy atom. The highest BCUT2D eigenvalue weighted by molar-refractivity contribution is 5.47. The van der Waals surface area contributed by atoms with Crippen LogP contribution < -0.4 is 10.6 Å². The Kier molecular flexibility index (Phi) is 4.32. The second kappa shape index (κ2) is 6.20. The molecule has 4 heteroatoms. The van der Waals surface area contributed by atoms with Crippen molar-refractivity contribution in [2.24, 2.45) is 17.8 Å². The fourth-order valence-electron chi connectivity index (χ4n) is 4.28. The zero-order chi connectivity index (χ0) is 14.8. The van der Waals surface area contributed by atoms with E-state index in [4.69, 9.17) is 0 Å². The van der Waals surface area contributed by atoms with Gasteiger partial charge in [-0.05, 0) is 50.4 Å². The number of fused-ring (bicyclic) bond motifs is 2. The first kappa shape index (κ1) is 14.6. The van der Waals surface area contributed by atoms with Gasteiger partial charge in [-0.1, -0.05) is 13.3 Å². The van der Waals surface area contributed by atoms with Crippen molar-refractivity contribution in [3.05, 3.63) is 11.9 Å². The van der Waals surface area contributed by atoms with Crippen LogP contribution in [0.3, 0.4) is 0 Å². The lowest BCUT2D eigenvalue weighted by Crippen LogP contribution is -2.30. The van der Waals surface area contributed by atoms with Gasteiger partial charge in [0, 0.05) is 25.6 Å². The maximum atomic E-state index is 4.68. The van der Waals surface area contributed by atoms with E-state index in [2.05, 4.69) is 34.4 Å². The van der Waals surface area contributed by atoms with Crippen LogP contribution in [0.25, 0.3) is 0 Å². The van der Waals surface area contributed by atoms with Crippen LogP contribution in [0.15, 0.2) is 6.07 Å². The monoisotopic (exact) mass is 288 g/mol. The molecule has 1 aromatic rings. The summed E-state index contributed by atoms with van der Waals surface area (Å²) in [5.41, 5.74) is 0. The molecule has 21 heavy (non-hydrogen) atoms. The van der Waals surface area contributed by atoms with Crippen LogP contribution in [0.5, 0.6) is 0 Å². The topological polar surface area (TPSA) is 49.8 Å². The summed E-state index contributed by atoms with van der Waals surface area (Å²) >= 11 is 0. The normalized spacial score (nSPS) is 28.6. The Balaban J connectivity index is 1.70. The lowest BCUT2D eigenvalue weighted by Gasteiger charge is -2.29. The minimum Gasteiger partial charge on any atom is -0.373 e. The Morgan fingerprint density at radius 1 is 1.24 bits per heavy atom. The smallest absolute Gasteiger partial charge is 0.133 e. The van der Waals surface area contributed by atoms with Gasteiger partial charge in [0.25, 0.3) is 0 Å². The van der Waals surface area contributed by atoms with E-state index in [0.29, 0.717) is 6.04 Å². The summed E-state index contributed by atoms with van der Waals surface area (Å²) < 4.78 is 0. The third kappa shape index (κ3) is 3.14. The number of nitrogens with zero attached hydrogens (tertiary/aromatic N) is 2. The van der Waals surface area contributed by atoms with E-state index >= 15 is 0 Å². The van der Waals surface area contributed by atoms with Crippen LogP contribution in [0.1, 0.15) is 51.8 Å². The average Bonchev–Trinajstić information content (AvgIpc) is 3.10. The number of hydrogen-bond donors (Lipinski definition) is 2. The summed E-state index contributed by atoms with van der Waals surface area (Å²) in [5, 5.41) is 6.80. The van der Waals surface area contributed by atoms with Gasteiger partial charge in [-0.25, -0.2) is 9.97 Å². The number of rotatable bonds is 6. The van der Waals surface area contributed by atoms with Gasteiger partial charge < -0.3 is 10.6 Å². The molecule has 2 N–H and O–H groups in total. The molecule has 0 aromatic carbocycles. The second-order valence-electron chi connectivity index (χ2n) is 6.83. The van der Waals surface area contributed by atoms with Crippen LogP contribution in [0, 0.1) is 17.8 Å². The molecule has 4 nitrogen and oxygen atoms in total. The maximum absolute atomic E-state index is 4.68. The Hall–Kier alpha value is -1.32. The molecule has 0 radical (unpaired) electrons. The van der Waals surface area contributed by atoms with Gasteiger partial charge in [0.2, 0.25) is 0 Å². The van der Waals surface area contributed by atoms with Crippen molar-refractivity contribution in [1.82, 2.24) is 9.97 Å². The molecule has 2 aliphatic carbocycles. The summed E-state index contributed by atoms with van der Waals surface area (Å²) in [4.78, 5) is 9.20. The van der Waals surface area contributed by atoms with Crippen molar-refractivity contribution >= 4 is 11.6 Å². The summed E-state index contributed by atoms with van der Waals surface area (Å²) in [6, 6.07) is 2.54. The highest BCUT2D eigenvalue weighted by Crippen LogP contribution is 2.49. The number of anilines is 2. The van der Waals surface area contributed by atoms with Crippen molar-refractivity contribution in [1.29, 1.82) is 0 Å². The van der Waals surface area contributed by atoms with Gasteiger partial charge >= 0.3 is 0 Å². The van der Waals surface area contributed by atoms with E-state index in [1.54, 1.807) is 0 Å². The van der Waals surface area contributed by atoms with Gasteiger partial charge in [-0.3, -0.25) is 0 Å². The summed E-state index contributed by atoms with van der Waals surface area (Å²) in [7, 11) is 1.92. The summed E-state index contributed by atoms with van der Waals surface area (Å²) in [6.45, 7) is 4.49. The minimum absolute atomic E-state index is 0.509. The van der Waals surface area contributed by atoms with Gasteiger partial charge in [-0.2, -0.15) is 0 Å². The average molecular weight is 288 g/mol. The SMILES string of the molecule is CCCc1nc(NC)cc(NC(C)C2CC3CCC2C3)n1. The highest BCUT2D eigenvalue weighted by Gasteiger charge is 2.41. The van der Waals surface area contributed by atoms with Crippen molar-refractivity contribution in [3.8, 4) is 0 Å². The predicted octanol–water partition coefficient (Wildman–Crippen LogP) is 3.71. The van der Waals surface area contributed by atoms with Gasteiger partial charge in [0.15, 0.2) is 0 Å². The molecule has 2 saturated carbocycles. The highest BCUT2D eigenvalue weighted by atomic mass is 15.1. The van der Waals surface area contributed by atoms with Crippen LogP contribution in [0.4, 0.5) is 11.6 Å². The molecule has 4 unspecified atom stereocenters. The molecule has 1 heterocycles. The second-order valence-corrected chi connectivity index (χ2v) is 6.83. The molecule has 4 atom stereocenters. The first-order chi connectivity index (χ1) is 10.2. The van der Waals surface area contributed by atoms with Crippen LogP contribution >= 0.6 is 0 Å². The van der Waals surface area contributed by atoms with Gasteiger partial charge in [-0.15, -0.1) is 0 Å². The molecule has 2 bridgehead atoms. The van der Waals surface area contributed by atoms with Crippen LogP contribution in [0.2, 0.25) is 0 Å². The van der Waals surface area contributed by atoms with Gasteiger partial charge in [0.1, 0.15) is 17.5 Å². The number of hydrogen-bond acceptors (Lipinski definition) is 4. The molecule has 2 aliphatic rings. The van der Waals surface area contributed by atoms with E-state index in [9.17, 15) is 0 Å². The largest absolute Gasteiger partial charge is 0.373 e. The van der Waals surface area contributed by atoms with Crippen LogP contribution in [-0.2, 0) is 6.42 Å². The molecule has 116 valence electrons. The zero-order valence-corrected chi connectivity index (χ0v) is 13.5. The molecular weight excluding hydrogens is 260 g/mol. The van der Waals surface area contributed by atoms with E-state index in [1.807, 2.05) is 13.1 Å². The summed E-state index contributed by atoms with van der Waals surface area (Å²) in [5.74, 6) is 5.60. The summed E-state index contributed by atoms with van der Waals surface area (Å²) in [6.07, 6.45) is 7.79. The predicted molar refractivity (Wildman–Crippen MR) is 87.6 cm³/mol. The minimum atomic E-state index is 0.509. The Bertz CT molecular complexity index is 488. The zero-order valence-electron chi connectivity index (χ0n) is 13.5. The first-order valence-corrected chi connectivity index (χ1v) is 8.51. The molecule has 3 rings (SSSR count). The quantitative estimate of drug-likeness (QED) is 0.838. The van der Waals surface area contributed by atoms with Gasteiger partial charge in [0.05, 0.1) is 0 Å². The third-order valence-electron chi connectivity index (χ3n) is 5.31. The molecule has 0 aliphatic heterocycles. The lowest BCUT2D eigenvalue weighted by molar-refractivity contribution is 0.304. The molecule has 0 amide bonds. The number of nitrogens with one attached hydrogen (secondary N) is 2. The van der Waals surface area contributed by atoms with Crippen molar-refractivity contribution in [2.45, 2.75) is 58.4 Å². The Labute approximate surface area is 128 Å². The number of aromatic nitrogens is 2. The van der Waals surface area contributed by atoms with Crippen molar-refractivity contribution in [2.75, 3.05) is 17.7 Å². The third-order valence-corrected chi connectivity index (χ3v) is 5.31. The molecule has 0 spiro atoms. The van der Waals surface area contributed by atoms with Crippen LogP contribution in [-0.4, -0.2) is 23.1 Å². The molecular formula is C17H28N4. The fraction of sp³-hybridized carbons (Fsp3) is 0.765. The number of aryl methyl sites for hydroxylation is 1. The van der Waals surface area contributed by atoms with E-state index in [-0.39, 0.29) is 0 Å². The molecule has 1 aromatic heterocycles. The maximum Gasteiger partial charge on any atom is 0.133 e. The van der Waals surface area contributed by atoms with E-state index in [1.165, 1.54) is 25.7 Å². The lowest BCUT2D eigenvalue weighted by atomic mass is 9.84.